The van der Waals surface area contributed by atoms with Gasteiger partial charge in [-0.05, 0) is 120 Å². The molecule has 346 valence electrons. The summed E-state index contributed by atoms with van der Waals surface area (Å²) in [6.07, 6.45) is 10.5. The minimum atomic E-state index is -4.41. The van der Waals surface area contributed by atoms with Gasteiger partial charge in [0.05, 0.1) is 22.6 Å². The summed E-state index contributed by atoms with van der Waals surface area (Å²) in [6, 6.07) is 42.2. The monoisotopic (exact) mass is 926 g/mol. The van der Waals surface area contributed by atoms with Gasteiger partial charge in [0.1, 0.15) is 6.61 Å². The molecule has 3 aliphatic rings. The van der Waals surface area contributed by atoms with Gasteiger partial charge in [0.15, 0.2) is 18.9 Å². The molecule has 6 aromatic rings. The molecule has 0 aromatic heterocycles. The van der Waals surface area contributed by atoms with Crippen molar-refractivity contribution in [2.24, 2.45) is 0 Å². The number of allylic oxidation sites excluding steroid dienone is 7. The summed E-state index contributed by atoms with van der Waals surface area (Å²) in [5, 5.41) is 3.93. The third kappa shape index (κ3) is 8.56. The van der Waals surface area contributed by atoms with Crippen molar-refractivity contribution in [2.45, 2.75) is 70.1 Å². The van der Waals surface area contributed by atoms with E-state index in [1.54, 1.807) is 6.07 Å². The second-order valence-electron chi connectivity index (χ2n) is 18.6. The Morgan fingerprint density at radius 1 is 0.706 bits per heavy atom. The first kappa shape index (κ1) is 46.0. The number of esters is 2. The summed E-state index contributed by atoms with van der Waals surface area (Å²) in [7, 11) is -4.41. The molecule has 2 heterocycles. The minimum Gasteiger partial charge on any atom is -0.464 e. The van der Waals surface area contributed by atoms with Crippen LogP contribution in [0.25, 0.3) is 21.5 Å². The molecule has 0 atom stereocenters. The number of ether oxygens (including phenoxy) is 2. The third-order valence-corrected chi connectivity index (χ3v) is 14.4. The normalized spacial score (nSPS) is 17.5. The highest BCUT2D eigenvalue weighted by Gasteiger charge is 2.46. The molecule has 2 aliphatic heterocycles. The van der Waals surface area contributed by atoms with Crippen LogP contribution >= 0.6 is 0 Å². The number of rotatable bonds is 13. The van der Waals surface area contributed by atoms with Crippen LogP contribution in [0.4, 0.5) is 22.7 Å². The fourth-order valence-corrected chi connectivity index (χ4v) is 11.1. The summed E-state index contributed by atoms with van der Waals surface area (Å²) in [5.74, 6) is -0.670. The van der Waals surface area contributed by atoms with E-state index in [0.717, 1.165) is 74.8 Å². The predicted octanol–water partition coefficient (Wildman–Crippen LogP) is 11.8. The predicted molar refractivity (Wildman–Crippen MR) is 271 cm³/mol. The highest BCUT2D eigenvalue weighted by molar-refractivity contribution is 7.85. The Morgan fingerprint density at radius 3 is 2.01 bits per heavy atom. The molecule has 11 heteroatoms. The maximum Gasteiger partial charge on any atom is 0.302 e. The number of benzene rings is 6. The molecule has 68 heavy (non-hydrogen) atoms. The molecule has 0 amide bonds. The summed E-state index contributed by atoms with van der Waals surface area (Å²) >= 11 is 0. The van der Waals surface area contributed by atoms with E-state index in [4.69, 9.17) is 9.47 Å². The van der Waals surface area contributed by atoms with Crippen molar-refractivity contribution in [3.8, 4) is 0 Å². The number of anilines is 3. The molecule has 0 radical (unpaired) electrons. The smallest absolute Gasteiger partial charge is 0.302 e. The fraction of sp³-hybridized carbons (Fsp3) is 0.246. The Labute approximate surface area is 398 Å². The van der Waals surface area contributed by atoms with Gasteiger partial charge in [-0.25, -0.2) is 0 Å². The van der Waals surface area contributed by atoms with E-state index in [0.29, 0.717) is 18.5 Å². The first-order chi connectivity index (χ1) is 32.6. The van der Waals surface area contributed by atoms with Crippen molar-refractivity contribution in [2.75, 3.05) is 36.1 Å². The van der Waals surface area contributed by atoms with Gasteiger partial charge in [-0.3, -0.25) is 14.1 Å². The third-order valence-electron chi connectivity index (χ3n) is 13.5. The molecule has 0 bridgehead atoms. The van der Waals surface area contributed by atoms with Gasteiger partial charge in [-0.15, -0.1) is 0 Å². The molecule has 0 spiro atoms. The van der Waals surface area contributed by atoms with Crippen LogP contribution in [0.3, 0.4) is 0 Å². The van der Waals surface area contributed by atoms with Gasteiger partial charge in [0, 0.05) is 59.7 Å². The molecular weight excluding hydrogens is 871 g/mol. The molecule has 0 unspecified atom stereocenters. The number of hydrogen-bond acceptors (Lipinski definition) is 8. The lowest BCUT2D eigenvalue weighted by molar-refractivity contribution is -0.440. The number of fused-ring (bicyclic) bond motifs is 6. The first-order valence-corrected chi connectivity index (χ1v) is 24.5. The second-order valence-corrected chi connectivity index (χ2v) is 20.0. The lowest BCUT2D eigenvalue weighted by Gasteiger charge is -2.29. The zero-order valence-electron chi connectivity index (χ0n) is 39.3. The number of carbonyl (C=O) groups is 2. The quantitative estimate of drug-likeness (QED) is 0.0686. The lowest BCUT2D eigenvalue weighted by atomic mass is 9.79. The highest BCUT2D eigenvalue weighted by atomic mass is 32.2. The van der Waals surface area contributed by atoms with Gasteiger partial charge in [0.2, 0.25) is 5.69 Å². The van der Waals surface area contributed by atoms with Crippen molar-refractivity contribution < 1.29 is 36.6 Å². The Hall–Kier alpha value is -7.08. The van der Waals surface area contributed by atoms with Gasteiger partial charge < -0.3 is 19.3 Å². The van der Waals surface area contributed by atoms with E-state index in [9.17, 15) is 22.6 Å². The van der Waals surface area contributed by atoms with Gasteiger partial charge in [-0.2, -0.15) is 13.0 Å². The Bertz CT molecular complexity index is 3230. The fourth-order valence-electron chi connectivity index (χ4n) is 10.6. The molecular formula is C57H56N3O7S+. The first-order valence-electron chi connectivity index (χ1n) is 23.0. The zero-order valence-corrected chi connectivity index (χ0v) is 40.1. The van der Waals surface area contributed by atoms with E-state index in [2.05, 4.69) is 151 Å². The van der Waals surface area contributed by atoms with E-state index < -0.39 is 15.5 Å². The Morgan fingerprint density at radius 2 is 1.34 bits per heavy atom. The Balaban J connectivity index is 1.21. The summed E-state index contributed by atoms with van der Waals surface area (Å²) in [4.78, 5) is 28.5. The SMILES string of the molecule is CC(=O)OCCN1/C(=C/C=C2\CCC(/C=C/C3=[N+](CCOC(C)=O)c4ccc5cc(S(=O)(=O)O)ccc5c4C3(C)C)=C2N(c2ccccc2)c2ccccc2)C(C)(C)c2c1ccc1ccccc21. The standard InChI is InChI=1S/C57H55N3O7S/c1-38(61)66-35-33-58-49-29-23-40-15-13-14-20-47(40)53(49)56(3,4)51(58)31-25-41-21-22-42(55(41)60(44-16-9-7-10-17-44)45-18-11-8-12-19-45)26-32-52-57(5,6)54-48-28-27-46(68(63,64)65)37-43(48)24-30-50(54)59(52)34-36-67-39(2)62/h7-20,23-32,37H,21-22,33-36H2,1-6H3/p+1. The molecule has 6 aromatic carbocycles. The highest BCUT2D eigenvalue weighted by Crippen LogP contribution is 2.51. The number of hydrogen-bond donors (Lipinski definition) is 1. The van der Waals surface area contributed by atoms with Crippen molar-refractivity contribution in [1.82, 2.24) is 0 Å². The van der Waals surface area contributed by atoms with Gasteiger partial charge >= 0.3 is 11.9 Å². The molecule has 0 fully saturated rings. The number of carbonyl (C=O) groups excluding carboxylic acids is 2. The summed E-state index contributed by atoms with van der Waals surface area (Å²) in [5.41, 5.74) is 10.8. The zero-order chi connectivity index (χ0) is 48.0. The average Bonchev–Trinajstić information content (AvgIpc) is 3.88. The maximum atomic E-state index is 12.2. The van der Waals surface area contributed by atoms with Crippen LogP contribution in [0.2, 0.25) is 0 Å². The van der Waals surface area contributed by atoms with Crippen LogP contribution in [0.15, 0.2) is 179 Å². The van der Waals surface area contributed by atoms with Gasteiger partial charge in [-0.1, -0.05) is 98.8 Å². The van der Waals surface area contributed by atoms with Crippen LogP contribution in [-0.4, -0.2) is 61.5 Å². The molecule has 0 saturated heterocycles. The van der Waals surface area contributed by atoms with Crippen LogP contribution in [0, 0.1) is 0 Å². The van der Waals surface area contributed by atoms with Crippen molar-refractivity contribution in [1.29, 1.82) is 0 Å². The molecule has 1 aliphatic carbocycles. The van der Waals surface area contributed by atoms with Crippen LogP contribution in [-0.2, 0) is 40.0 Å². The minimum absolute atomic E-state index is 0.164. The molecule has 10 nitrogen and oxygen atoms in total. The molecule has 9 rings (SSSR count). The number of nitrogens with zero attached hydrogens (tertiary/aromatic N) is 3. The van der Waals surface area contributed by atoms with E-state index >= 15 is 0 Å². The van der Waals surface area contributed by atoms with Crippen LogP contribution in [0.1, 0.15) is 65.5 Å². The Kier molecular flexibility index (Phi) is 12.3. The van der Waals surface area contributed by atoms with Crippen LogP contribution < -0.4 is 9.80 Å². The topological polar surface area (TPSA) is 116 Å². The molecule has 0 saturated carbocycles. The van der Waals surface area contributed by atoms with Crippen molar-refractivity contribution >= 4 is 72.1 Å². The maximum absolute atomic E-state index is 12.2. The summed E-state index contributed by atoms with van der Waals surface area (Å²) in [6.45, 7) is 13.0. The van der Waals surface area contributed by atoms with E-state index in [-0.39, 0.29) is 35.5 Å². The summed E-state index contributed by atoms with van der Waals surface area (Å²) < 4.78 is 47.5. The van der Waals surface area contributed by atoms with E-state index in [1.165, 1.54) is 42.3 Å². The lowest BCUT2D eigenvalue weighted by Crippen LogP contribution is -2.29. The van der Waals surface area contributed by atoms with Crippen molar-refractivity contribution in [3.05, 3.63) is 185 Å². The van der Waals surface area contributed by atoms with E-state index in [1.807, 2.05) is 24.3 Å². The van der Waals surface area contributed by atoms with Crippen LogP contribution in [0.5, 0.6) is 0 Å². The average molecular weight is 927 g/mol. The number of para-hydroxylation sites is 2. The largest absolute Gasteiger partial charge is 0.464 e. The van der Waals surface area contributed by atoms with Crippen molar-refractivity contribution in [3.63, 3.8) is 0 Å². The second kappa shape index (κ2) is 18.2. The molecule has 1 N–H and O–H groups in total. The van der Waals surface area contributed by atoms with Gasteiger partial charge in [0.25, 0.3) is 10.1 Å².